The number of hydrogen-bond acceptors (Lipinski definition) is 5. The zero-order chi connectivity index (χ0) is 21.8. The first-order chi connectivity index (χ1) is 15.0. The maximum Gasteiger partial charge on any atom is 0.335 e. The van der Waals surface area contributed by atoms with Crippen molar-refractivity contribution in [2.75, 3.05) is 0 Å². The molecule has 3 aromatic rings. The lowest BCUT2D eigenvalue weighted by Crippen LogP contribution is -2.28. The number of carboxylic acid groups (broad SMARTS) is 1. The minimum absolute atomic E-state index is 0.158. The van der Waals surface area contributed by atoms with Gasteiger partial charge in [0.25, 0.3) is 5.91 Å². The Bertz CT molecular complexity index is 1170. The van der Waals surface area contributed by atoms with E-state index in [0.29, 0.717) is 10.1 Å². The van der Waals surface area contributed by atoms with Gasteiger partial charge in [0.05, 0.1) is 22.7 Å². The second-order valence-electron chi connectivity index (χ2n) is 6.83. The highest BCUT2D eigenvalue weighted by Gasteiger charge is 2.33. The lowest BCUT2D eigenvalue weighted by Gasteiger charge is -2.16. The number of nitrogens with zero attached hydrogens (tertiary/aromatic N) is 2. The first kappa shape index (κ1) is 20.4. The van der Waals surface area contributed by atoms with Gasteiger partial charge in [-0.2, -0.15) is 0 Å². The number of carboxylic acids is 1. The highest BCUT2D eigenvalue weighted by Crippen LogP contribution is 2.35. The van der Waals surface area contributed by atoms with Crippen LogP contribution in [0.5, 0.6) is 5.75 Å². The molecule has 1 heterocycles. The van der Waals surface area contributed by atoms with Crippen molar-refractivity contribution < 1.29 is 19.8 Å². The molecule has 0 aliphatic carbocycles. The minimum atomic E-state index is -0.996. The topological polar surface area (TPSA) is 90.2 Å². The molecular weight excluding hydrogens is 412 g/mol. The number of aromatic carboxylic acids is 1. The molecule has 0 unspecified atom stereocenters. The molecule has 1 fully saturated rings. The maximum absolute atomic E-state index is 13.2. The van der Waals surface area contributed by atoms with Gasteiger partial charge in [0.15, 0.2) is 5.17 Å². The van der Waals surface area contributed by atoms with Gasteiger partial charge in [0.2, 0.25) is 0 Å². The fraction of sp³-hybridized carbons (Fsp3) is 0.0417. The number of para-hydroxylation sites is 1. The van der Waals surface area contributed by atoms with Crippen molar-refractivity contribution in [1.82, 2.24) is 4.90 Å². The number of phenolic OH excluding ortho intramolecular Hbond substituents is 1. The van der Waals surface area contributed by atoms with Crippen molar-refractivity contribution in [3.8, 4) is 5.75 Å². The average Bonchev–Trinajstić information content (AvgIpc) is 3.05. The molecule has 1 aliphatic heterocycles. The van der Waals surface area contributed by atoms with Crippen LogP contribution in [-0.4, -0.2) is 32.2 Å². The largest absolute Gasteiger partial charge is 0.508 e. The van der Waals surface area contributed by atoms with Crippen LogP contribution in [0.25, 0.3) is 6.08 Å². The highest BCUT2D eigenvalue weighted by molar-refractivity contribution is 8.18. The van der Waals surface area contributed by atoms with Crippen molar-refractivity contribution >= 4 is 40.6 Å². The standard InChI is InChI=1S/C24H18N2O4S/c27-20-12-8-16(9-13-20)14-21-22(28)26(15-17-6-10-18(11-7-17)23(29)30)24(31-21)25-19-4-2-1-3-5-19/h1-14,27H,15H2,(H,29,30)/b21-14-,25-24?. The van der Waals surface area contributed by atoms with E-state index < -0.39 is 5.97 Å². The second kappa shape index (κ2) is 8.89. The van der Waals surface area contributed by atoms with E-state index >= 15 is 0 Å². The summed E-state index contributed by atoms with van der Waals surface area (Å²) in [7, 11) is 0. The second-order valence-corrected chi connectivity index (χ2v) is 7.83. The van der Waals surface area contributed by atoms with Gasteiger partial charge in [0.1, 0.15) is 5.75 Å². The summed E-state index contributed by atoms with van der Waals surface area (Å²) < 4.78 is 0. The fourth-order valence-electron chi connectivity index (χ4n) is 3.00. The predicted molar refractivity (Wildman–Crippen MR) is 121 cm³/mol. The normalized spacial score (nSPS) is 16.3. The fourth-order valence-corrected chi connectivity index (χ4v) is 4.00. The zero-order valence-electron chi connectivity index (χ0n) is 16.3. The molecular formula is C24H18N2O4S. The van der Waals surface area contributed by atoms with Crippen LogP contribution in [0, 0.1) is 0 Å². The number of amides is 1. The van der Waals surface area contributed by atoms with Crippen LogP contribution in [-0.2, 0) is 11.3 Å². The van der Waals surface area contributed by atoms with Crippen molar-refractivity contribution in [2.24, 2.45) is 4.99 Å². The lowest BCUT2D eigenvalue weighted by atomic mass is 10.1. The number of aliphatic imine (C=N–C) groups is 1. The molecule has 4 rings (SSSR count). The highest BCUT2D eigenvalue weighted by atomic mass is 32.2. The van der Waals surface area contributed by atoms with Gasteiger partial charge in [-0.15, -0.1) is 0 Å². The molecule has 1 aliphatic rings. The van der Waals surface area contributed by atoms with Crippen LogP contribution >= 0.6 is 11.8 Å². The molecule has 1 saturated heterocycles. The third-order valence-corrected chi connectivity index (χ3v) is 5.61. The molecule has 154 valence electrons. The predicted octanol–water partition coefficient (Wildman–Crippen LogP) is 4.89. The Balaban J connectivity index is 1.66. The van der Waals surface area contributed by atoms with Gasteiger partial charge in [-0.1, -0.05) is 42.5 Å². The monoisotopic (exact) mass is 430 g/mol. The Hall–Kier alpha value is -3.84. The summed E-state index contributed by atoms with van der Waals surface area (Å²) in [5.74, 6) is -1.02. The summed E-state index contributed by atoms with van der Waals surface area (Å²) in [4.78, 5) is 31.0. The van der Waals surface area contributed by atoms with Crippen LogP contribution in [0.1, 0.15) is 21.5 Å². The number of benzene rings is 3. The van der Waals surface area contributed by atoms with E-state index in [4.69, 9.17) is 5.11 Å². The Morgan fingerprint density at radius 1 is 0.968 bits per heavy atom. The SMILES string of the molecule is O=C(O)c1ccc(CN2C(=O)/C(=C/c3ccc(O)cc3)SC2=Nc2ccccc2)cc1. The van der Waals surface area contributed by atoms with Crippen molar-refractivity contribution in [3.63, 3.8) is 0 Å². The summed E-state index contributed by atoms with van der Waals surface area (Å²) in [5.41, 5.74) is 2.51. The Kier molecular flexibility index (Phi) is 5.86. The summed E-state index contributed by atoms with van der Waals surface area (Å²) in [6, 6.07) is 22.4. The molecule has 3 aromatic carbocycles. The quantitative estimate of drug-likeness (QED) is 0.562. The van der Waals surface area contributed by atoms with Crippen molar-refractivity contribution in [2.45, 2.75) is 6.54 Å². The molecule has 0 spiro atoms. The van der Waals surface area contributed by atoms with E-state index in [1.54, 1.807) is 47.4 Å². The van der Waals surface area contributed by atoms with Crippen LogP contribution in [0.2, 0.25) is 0 Å². The van der Waals surface area contributed by atoms with E-state index in [1.165, 1.54) is 23.9 Å². The smallest absolute Gasteiger partial charge is 0.335 e. The Morgan fingerprint density at radius 2 is 1.65 bits per heavy atom. The number of hydrogen-bond donors (Lipinski definition) is 2. The van der Waals surface area contributed by atoms with Gasteiger partial charge in [-0.05, 0) is 65.4 Å². The van der Waals surface area contributed by atoms with Gasteiger partial charge in [-0.3, -0.25) is 9.69 Å². The first-order valence-electron chi connectivity index (χ1n) is 9.46. The molecule has 6 nitrogen and oxygen atoms in total. The number of rotatable bonds is 5. The van der Waals surface area contributed by atoms with Crippen LogP contribution in [0.15, 0.2) is 88.8 Å². The van der Waals surface area contributed by atoms with Gasteiger partial charge in [-0.25, -0.2) is 9.79 Å². The summed E-state index contributed by atoms with van der Waals surface area (Å²) in [6.07, 6.45) is 1.76. The summed E-state index contributed by atoms with van der Waals surface area (Å²) >= 11 is 1.28. The summed E-state index contributed by atoms with van der Waals surface area (Å²) in [5, 5.41) is 19.1. The first-order valence-corrected chi connectivity index (χ1v) is 10.3. The molecule has 31 heavy (non-hydrogen) atoms. The van der Waals surface area contributed by atoms with E-state index in [0.717, 1.165) is 16.8 Å². The minimum Gasteiger partial charge on any atom is -0.508 e. The van der Waals surface area contributed by atoms with Crippen molar-refractivity contribution in [1.29, 1.82) is 0 Å². The van der Waals surface area contributed by atoms with Crippen LogP contribution in [0.4, 0.5) is 5.69 Å². The van der Waals surface area contributed by atoms with Crippen LogP contribution < -0.4 is 0 Å². The molecule has 0 bridgehead atoms. The third kappa shape index (κ3) is 4.84. The van der Waals surface area contributed by atoms with Gasteiger partial charge < -0.3 is 10.2 Å². The molecule has 7 heteroatoms. The molecule has 0 saturated carbocycles. The lowest BCUT2D eigenvalue weighted by molar-refractivity contribution is -0.122. The van der Waals surface area contributed by atoms with E-state index in [1.807, 2.05) is 30.3 Å². The number of phenols is 1. The number of amidine groups is 1. The van der Waals surface area contributed by atoms with E-state index in [-0.39, 0.29) is 23.8 Å². The third-order valence-electron chi connectivity index (χ3n) is 4.60. The number of thioether (sulfide) groups is 1. The molecule has 0 aromatic heterocycles. The molecule has 1 amide bonds. The van der Waals surface area contributed by atoms with E-state index in [2.05, 4.69) is 4.99 Å². The average molecular weight is 430 g/mol. The number of aromatic hydroxyl groups is 1. The Morgan fingerprint density at radius 3 is 2.29 bits per heavy atom. The Labute approximate surface area is 183 Å². The zero-order valence-corrected chi connectivity index (χ0v) is 17.1. The molecule has 0 radical (unpaired) electrons. The van der Waals surface area contributed by atoms with Gasteiger partial charge in [0, 0.05) is 0 Å². The maximum atomic E-state index is 13.2. The number of carbonyl (C=O) groups excluding carboxylic acids is 1. The van der Waals surface area contributed by atoms with Gasteiger partial charge >= 0.3 is 5.97 Å². The summed E-state index contributed by atoms with van der Waals surface area (Å²) in [6.45, 7) is 0.268. The molecule has 0 atom stereocenters. The van der Waals surface area contributed by atoms with Crippen molar-refractivity contribution in [3.05, 3.63) is 100 Å². The van der Waals surface area contributed by atoms with Crippen LogP contribution in [0.3, 0.4) is 0 Å². The molecule has 2 N–H and O–H groups in total. The number of carbonyl (C=O) groups is 2. The van der Waals surface area contributed by atoms with E-state index in [9.17, 15) is 14.7 Å².